The third-order valence-electron chi connectivity index (χ3n) is 19.9. The number of piperidine rings is 3. The van der Waals surface area contributed by atoms with Crippen LogP contribution in [0.2, 0.25) is 0 Å². The molecule has 0 saturated carbocycles. The van der Waals surface area contributed by atoms with Crippen molar-refractivity contribution in [2.75, 3.05) is 135 Å². The van der Waals surface area contributed by atoms with Crippen LogP contribution in [0, 0.1) is 5.92 Å². The largest absolute Gasteiger partial charge is 0.417 e. The van der Waals surface area contributed by atoms with E-state index in [1.54, 1.807) is 9.58 Å². The van der Waals surface area contributed by atoms with E-state index in [9.17, 15) is 66.6 Å². The number of hydrogen-bond donors (Lipinski definition) is 2. The van der Waals surface area contributed by atoms with Crippen LogP contribution in [0.5, 0.6) is 0 Å². The maximum atomic E-state index is 15.0. The predicted octanol–water partition coefficient (Wildman–Crippen LogP) is 8.26. The Hall–Kier alpha value is -3.57. The Bertz CT molecular complexity index is 3430. The van der Waals surface area contributed by atoms with Gasteiger partial charge in [-0.25, -0.2) is 16.8 Å². The molecule has 0 radical (unpaired) electrons. The van der Waals surface area contributed by atoms with Crippen LogP contribution in [0.3, 0.4) is 0 Å². The molecule has 0 spiro atoms. The fourth-order valence-electron chi connectivity index (χ4n) is 14.9. The summed E-state index contributed by atoms with van der Waals surface area (Å²) in [6.07, 6.45) is -8.92. The molecule has 4 unspecified atom stereocenters. The topological polar surface area (TPSA) is 176 Å². The minimum Gasteiger partial charge on any atom is -0.389 e. The molecular weight excluding hydrogens is 1310 g/mol. The molecular formula is C62H86F9N11O7S4. The summed E-state index contributed by atoms with van der Waals surface area (Å²) in [4.78, 5) is 10.5. The highest BCUT2D eigenvalue weighted by Gasteiger charge is 2.49. The molecule has 0 amide bonds. The molecule has 2 N–H and O–H groups in total. The van der Waals surface area contributed by atoms with Gasteiger partial charge in [-0.1, -0.05) is 18.6 Å². The normalized spacial score (nSPS) is 22.3. The minimum atomic E-state index is -4.75. The van der Waals surface area contributed by atoms with Crippen molar-refractivity contribution in [1.29, 1.82) is 0 Å². The van der Waals surface area contributed by atoms with Gasteiger partial charge in [-0.05, 0) is 128 Å². The van der Waals surface area contributed by atoms with Crippen molar-refractivity contribution < 1.29 is 71.3 Å². The van der Waals surface area contributed by atoms with Crippen molar-refractivity contribution >= 4 is 43.6 Å². The van der Waals surface area contributed by atoms with Gasteiger partial charge in [-0.2, -0.15) is 58.3 Å². The molecule has 0 bridgehead atoms. The number of aliphatic hydroxyl groups is 2. The Morgan fingerprint density at radius 1 is 0.570 bits per heavy atom. The molecule has 2 aromatic heterocycles. The summed E-state index contributed by atoms with van der Waals surface area (Å²) in [7, 11) is -7.75. The first-order valence-electron chi connectivity index (χ1n) is 32.5. The summed E-state index contributed by atoms with van der Waals surface area (Å²) in [5.74, 6) is -1.06. The van der Waals surface area contributed by atoms with Crippen LogP contribution in [0.1, 0.15) is 97.5 Å². The van der Waals surface area contributed by atoms with Crippen molar-refractivity contribution in [3.8, 4) is 22.5 Å². The second-order valence-electron chi connectivity index (χ2n) is 26.1. The van der Waals surface area contributed by atoms with Crippen molar-refractivity contribution in [1.82, 2.24) is 52.7 Å². The Labute approximate surface area is 547 Å². The molecule has 18 nitrogen and oxygen atoms in total. The van der Waals surface area contributed by atoms with E-state index in [1.807, 2.05) is 0 Å². The van der Waals surface area contributed by atoms with Crippen molar-refractivity contribution in [3.05, 3.63) is 70.0 Å². The number of nitrogens with zero attached hydrogens (tertiary/aromatic N) is 11. The fourth-order valence-corrected chi connectivity index (χ4v) is 18.7. The maximum absolute atomic E-state index is 15.0. The lowest BCUT2D eigenvalue weighted by Gasteiger charge is -2.46. The molecule has 31 heteroatoms. The number of morpholine rings is 1. The Morgan fingerprint density at radius 3 is 1.59 bits per heavy atom. The van der Waals surface area contributed by atoms with Crippen LogP contribution >= 0.6 is 23.5 Å². The van der Waals surface area contributed by atoms with Gasteiger partial charge in [0.25, 0.3) is 0 Å². The number of β-amino-alcohol motifs (C(OH)–C–C–N with tert-alkyl or cyclic N) is 1. The van der Waals surface area contributed by atoms with Gasteiger partial charge >= 0.3 is 18.5 Å². The van der Waals surface area contributed by atoms with Crippen LogP contribution in [0.25, 0.3) is 22.5 Å². The second-order valence-corrected chi connectivity index (χ2v) is 32.3. The van der Waals surface area contributed by atoms with Gasteiger partial charge < -0.3 is 29.6 Å². The summed E-state index contributed by atoms with van der Waals surface area (Å²) in [6, 6.07) is 5.01. The average molecular weight is 1400 g/mol. The lowest BCUT2D eigenvalue weighted by Crippen LogP contribution is -2.58. The number of likely N-dealkylation sites (tertiary alicyclic amines) is 4. The highest BCUT2D eigenvalue weighted by Crippen LogP contribution is 2.45. The standard InChI is InChI=1S/C62H86F9N11O7S4/c1-92(85,86)79-26-16-50-46(38-79)56(42-8-10-48(61(66,67)68)54(36-42)91-35-31-75-28-32-89-33-29-75)72-81(50)41-53(84)58(78-24-12-44(13-25-78)60(63,64)65)59(52(83)40-76-22-14-45(15-23-76)77-20-6-7-21-77)82-51-17-27-80(93(2,87)88)39-47(51)57(73-82)43-9-11-49(62(69,70)71)55(37-43)90-34-30-74-18-4-3-5-19-74/h8-11,36-37,44-45,52-53,58-59,83-84H,3-7,12-35,38-41H2,1-2H3. The summed E-state index contributed by atoms with van der Waals surface area (Å²) in [5.41, 5.74) is 0.644. The number of hydrogen-bond acceptors (Lipinski definition) is 16. The number of halogens is 9. The zero-order valence-electron chi connectivity index (χ0n) is 52.7. The first-order chi connectivity index (χ1) is 44.1. The van der Waals surface area contributed by atoms with Crippen LogP contribution < -0.4 is 0 Å². The Kier molecular flexibility index (Phi) is 22.4. The second kappa shape index (κ2) is 29.5. The number of thioether (sulfide) groups is 2. The molecule has 7 aliphatic rings. The molecule has 518 valence electrons. The van der Waals surface area contributed by atoms with Gasteiger partial charge in [0.05, 0.1) is 85.0 Å². The van der Waals surface area contributed by atoms with E-state index in [1.165, 1.54) is 37.6 Å². The number of fused-ring (bicyclic) bond motifs is 2. The molecule has 11 rings (SSSR count). The summed E-state index contributed by atoms with van der Waals surface area (Å²) < 4.78 is 198. The molecule has 2 aromatic carbocycles. The van der Waals surface area contributed by atoms with E-state index in [-0.39, 0.29) is 104 Å². The molecule has 5 fully saturated rings. The van der Waals surface area contributed by atoms with Crippen LogP contribution in [-0.2, 0) is 69.6 Å². The van der Waals surface area contributed by atoms with E-state index in [0.29, 0.717) is 92.5 Å². The van der Waals surface area contributed by atoms with Crippen LogP contribution in [0.4, 0.5) is 39.5 Å². The summed E-state index contributed by atoms with van der Waals surface area (Å²) in [5, 5.41) is 37.1. The quantitative estimate of drug-likeness (QED) is 0.0568. The number of benzene rings is 2. The molecule has 0 aliphatic carbocycles. The van der Waals surface area contributed by atoms with Crippen molar-refractivity contribution in [2.24, 2.45) is 5.92 Å². The van der Waals surface area contributed by atoms with Gasteiger partial charge in [0, 0.05) is 133 Å². The van der Waals surface area contributed by atoms with Gasteiger partial charge in [-0.3, -0.25) is 19.2 Å². The van der Waals surface area contributed by atoms with Crippen LogP contribution in [0.15, 0.2) is 46.2 Å². The molecule has 4 aromatic rings. The molecule has 93 heavy (non-hydrogen) atoms. The predicted molar refractivity (Wildman–Crippen MR) is 338 cm³/mol. The number of rotatable bonds is 22. The number of alkyl halides is 9. The zero-order chi connectivity index (χ0) is 66.2. The maximum Gasteiger partial charge on any atom is 0.417 e. The smallest absolute Gasteiger partial charge is 0.389 e. The lowest BCUT2D eigenvalue weighted by molar-refractivity contribution is -0.188. The third kappa shape index (κ3) is 16.9. The third-order valence-corrected chi connectivity index (χ3v) is 24.5. The Morgan fingerprint density at radius 2 is 1.06 bits per heavy atom. The van der Waals surface area contributed by atoms with Crippen LogP contribution in [-0.4, -0.2) is 246 Å². The SMILES string of the molecule is CS(=O)(=O)N1CCc2c(c(-c3ccc(C(F)(F)F)c(SCCN4CCOCC4)c3)nn2CC(O)C(C(C(O)CN2CCC(N3CCCC3)CC2)n2nc(-c3ccc(C(F)(F)F)c(SCCN4CCCCC4)c3)c3c2CCN(S(C)(=O)=O)C3)N2CCC(C(F)(F)F)CC2)C1. The van der Waals surface area contributed by atoms with Gasteiger partial charge in [0.15, 0.2) is 0 Å². The van der Waals surface area contributed by atoms with E-state index in [0.717, 1.165) is 119 Å². The molecule has 7 aliphatic heterocycles. The zero-order valence-corrected chi connectivity index (χ0v) is 55.9. The molecule has 9 heterocycles. The first kappa shape index (κ1) is 70.7. The van der Waals surface area contributed by atoms with Gasteiger partial charge in [0.2, 0.25) is 20.0 Å². The lowest BCUT2D eigenvalue weighted by atomic mass is 9.89. The van der Waals surface area contributed by atoms with Gasteiger partial charge in [0.1, 0.15) is 0 Å². The number of aromatic nitrogens is 4. The fraction of sp³-hybridized carbons (Fsp3) is 0.710. The molecule has 5 saturated heterocycles. The first-order valence-corrected chi connectivity index (χ1v) is 38.2. The van der Waals surface area contributed by atoms with Gasteiger partial charge in [-0.15, -0.1) is 23.5 Å². The number of ether oxygens (including phenoxy) is 1. The Balaban J connectivity index is 1.03. The van der Waals surface area contributed by atoms with E-state index >= 15 is 0 Å². The summed E-state index contributed by atoms with van der Waals surface area (Å²) in [6.45, 7) is 6.67. The van der Waals surface area contributed by atoms with E-state index < -0.39 is 86.5 Å². The van der Waals surface area contributed by atoms with E-state index in [4.69, 9.17) is 14.9 Å². The molecule has 4 atom stereocenters. The van der Waals surface area contributed by atoms with Crippen molar-refractivity contribution in [3.63, 3.8) is 0 Å². The number of sulfonamides is 2. The average Bonchev–Trinajstić information content (AvgIpc) is 1.63. The highest BCUT2D eigenvalue weighted by atomic mass is 32.2. The highest BCUT2D eigenvalue weighted by molar-refractivity contribution is 7.99. The monoisotopic (exact) mass is 1400 g/mol. The summed E-state index contributed by atoms with van der Waals surface area (Å²) >= 11 is 2.08. The van der Waals surface area contributed by atoms with E-state index in [2.05, 4.69) is 19.6 Å². The van der Waals surface area contributed by atoms with Crippen molar-refractivity contribution in [2.45, 2.75) is 149 Å². The minimum absolute atomic E-state index is 0.000491. The number of aliphatic hydroxyl groups excluding tert-OH is 2.